The highest BCUT2D eigenvalue weighted by Gasteiger charge is 2.22. The van der Waals surface area contributed by atoms with Crippen molar-refractivity contribution in [3.05, 3.63) is 70.8 Å². The molecule has 2 N–H and O–H groups in total. The molecule has 0 fully saturated rings. The Labute approximate surface area is 123 Å². The number of hydrogen-bond acceptors (Lipinski definition) is 2. The number of rotatable bonds is 4. The fourth-order valence-electron chi connectivity index (χ4n) is 2.03. The zero-order valence-corrected chi connectivity index (χ0v) is 12.0. The van der Waals surface area contributed by atoms with Crippen molar-refractivity contribution in [2.75, 3.05) is 0 Å². The molecule has 4 nitrogen and oxygen atoms in total. The van der Waals surface area contributed by atoms with Crippen LogP contribution >= 0.6 is 0 Å². The van der Waals surface area contributed by atoms with Crippen molar-refractivity contribution in [2.24, 2.45) is 0 Å². The molecule has 108 valence electrons. The summed E-state index contributed by atoms with van der Waals surface area (Å²) in [5.74, 6) is -1.48. The fraction of sp³-hybridized carbons (Fsp3) is 0.176. The Balaban J connectivity index is 2.23. The van der Waals surface area contributed by atoms with E-state index in [1.54, 1.807) is 42.5 Å². The Bertz CT molecular complexity index is 665. The lowest BCUT2D eigenvalue weighted by atomic mass is 10.0. The minimum atomic E-state index is -1.08. The van der Waals surface area contributed by atoms with Crippen LogP contribution in [0.5, 0.6) is 0 Å². The summed E-state index contributed by atoms with van der Waals surface area (Å²) < 4.78 is 0. The van der Waals surface area contributed by atoms with Gasteiger partial charge in [-0.25, -0.2) is 4.79 Å². The van der Waals surface area contributed by atoms with Crippen LogP contribution in [0.1, 0.15) is 33.1 Å². The van der Waals surface area contributed by atoms with Crippen LogP contribution in [0.4, 0.5) is 0 Å². The van der Waals surface area contributed by atoms with Gasteiger partial charge in [0.15, 0.2) is 6.04 Å². The van der Waals surface area contributed by atoms with Crippen LogP contribution in [0.25, 0.3) is 0 Å². The molecule has 2 aromatic carbocycles. The van der Waals surface area contributed by atoms with E-state index in [0.717, 1.165) is 11.1 Å². The Kier molecular flexibility index (Phi) is 4.38. The second-order valence-electron chi connectivity index (χ2n) is 4.95. The molecule has 0 heterocycles. The van der Waals surface area contributed by atoms with Gasteiger partial charge in [0.25, 0.3) is 5.91 Å². The van der Waals surface area contributed by atoms with Crippen molar-refractivity contribution in [3.63, 3.8) is 0 Å². The van der Waals surface area contributed by atoms with Gasteiger partial charge in [-0.1, -0.05) is 36.4 Å². The third-order valence-electron chi connectivity index (χ3n) is 3.42. The molecule has 0 aliphatic rings. The summed E-state index contributed by atoms with van der Waals surface area (Å²) in [6, 6.07) is 12.9. The monoisotopic (exact) mass is 283 g/mol. The van der Waals surface area contributed by atoms with Crippen LogP contribution in [0.3, 0.4) is 0 Å². The van der Waals surface area contributed by atoms with E-state index in [1.165, 1.54) is 0 Å². The van der Waals surface area contributed by atoms with Crippen LogP contribution < -0.4 is 5.32 Å². The van der Waals surface area contributed by atoms with Gasteiger partial charge >= 0.3 is 5.97 Å². The van der Waals surface area contributed by atoms with Crippen LogP contribution in [-0.2, 0) is 4.79 Å². The summed E-state index contributed by atoms with van der Waals surface area (Å²) in [6.45, 7) is 3.87. The normalized spacial score (nSPS) is 11.7. The summed E-state index contributed by atoms with van der Waals surface area (Å²) in [7, 11) is 0. The zero-order chi connectivity index (χ0) is 15.4. The minimum absolute atomic E-state index is 0.394. The quantitative estimate of drug-likeness (QED) is 0.906. The number of carbonyl (C=O) groups is 2. The lowest BCUT2D eigenvalue weighted by Gasteiger charge is -2.15. The Morgan fingerprint density at radius 2 is 1.67 bits per heavy atom. The van der Waals surface area contributed by atoms with Gasteiger partial charge in [-0.05, 0) is 42.7 Å². The molecule has 0 aliphatic carbocycles. The second-order valence-corrected chi connectivity index (χ2v) is 4.95. The van der Waals surface area contributed by atoms with Crippen molar-refractivity contribution in [1.29, 1.82) is 0 Å². The maximum absolute atomic E-state index is 12.2. The minimum Gasteiger partial charge on any atom is -0.479 e. The number of carboxylic acid groups (broad SMARTS) is 1. The van der Waals surface area contributed by atoms with Gasteiger partial charge in [0, 0.05) is 5.56 Å². The van der Waals surface area contributed by atoms with Gasteiger partial charge in [0.05, 0.1) is 0 Å². The first-order valence-corrected chi connectivity index (χ1v) is 6.65. The highest BCUT2D eigenvalue weighted by atomic mass is 16.4. The van der Waals surface area contributed by atoms with Gasteiger partial charge < -0.3 is 10.4 Å². The summed E-state index contributed by atoms with van der Waals surface area (Å²) in [5, 5.41) is 11.9. The number of carbonyl (C=O) groups excluding carboxylic acids is 1. The number of benzene rings is 2. The van der Waals surface area contributed by atoms with Gasteiger partial charge in [-0.3, -0.25) is 4.79 Å². The largest absolute Gasteiger partial charge is 0.479 e. The molecule has 21 heavy (non-hydrogen) atoms. The topological polar surface area (TPSA) is 66.4 Å². The maximum atomic E-state index is 12.2. The van der Waals surface area contributed by atoms with E-state index in [2.05, 4.69) is 5.32 Å². The molecule has 0 saturated heterocycles. The molecule has 2 aromatic rings. The van der Waals surface area contributed by atoms with Crippen LogP contribution in [-0.4, -0.2) is 17.0 Å². The Morgan fingerprint density at radius 1 is 1.00 bits per heavy atom. The predicted molar refractivity (Wildman–Crippen MR) is 80.2 cm³/mol. The Morgan fingerprint density at radius 3 is 2.24 bits per heavy atom. The van der Waals surface area contributed by atoms with Crippen molar-refractivity contribution in [2.45, 2.75) is 19.9 Å². The van der Waals surface area contributed by atoms with Crippen LogP contribution in [0.15, 0.2) is 48.5 Å². The van der Waals surface area contributed by atoms with Crippen molar-refractivity contribution < 1.29 is 14.7 Å². The van der Waals surface area contributed by atoms with E-state index in [9.17, 15) is 14.7 Å². The molecular formula is C17H17NO3. The van der Waals surface area contributed by atoms with Gasteiger partial charge in [0.1, 0.15) is 0 Å². The Hall–Kier alpha value is -2.62. The van der Waals surface area contributed by atoms with E-state index < -0.39 is 17.9 Å². The molecule has 0 saturated carbocycles. The van der Waals surface area contributed by atoms with Crippen molar-refractivity contribution >= 4 is 11.9 Å². The lowest BCUT2D eigenvalue weighted by molar-refractivity contribution is -0.139. The molecule has 0 aromatic heterocycles. The molecule has 0 spiro atoms. The molecule has 0 radical (unpaired) electrons. The molecule has 1 atom stereocenters. The lowest BCUT2D eigenvalue weighted by Crippen LogP contribution is -2.33. The van der Waals surface area contributed by atoms with Crippen molar-refractivity contribution in [1.82, 2.24) is 5.32 Å². The molecule has 1 unspecified atom stereocenters. The maximum Gasteiger partial charge on any atom is 0.330 e. The first-order chi connectivity index (χ1) is 9.99. The summed E-state index contributed by atoms with van der Waals surface area (Å²) in [4.78, 5) is 23.6. The zero-order valence-electron chi connectivity index (χ0n) is 12.0. The highest BCUT2D eigenvalue weighted by molar-refractivity contribution is 5.97. The number of hydrogen-bond donors (Lipinski definition) is 2. The number of carboxylic acids is 1. The summed E-state index contributed by atoms with van der Waals surface area (Å²) in [6.07, 6.45) is 0. The highest BCUT2D eigenvalue weighted by Crippen LogP contribution is 2.15. The molecule has 2 rings (SSSR count). The standard InChI is InChI=1S/C17H17NO3/c1-11-8-9-14(10-12(11)2)16(19)18-15(17(20)21)13-6-4-3-5-7-13/h3-10,15H,1-2H3,(H,18,19)(H,20,21). The van der Waals surface area contributed by atoms with Gasteiger partial charge in [-0.2, -0.15) is 0 Å². The SMILES string of the molecule is Cc1ccc(C(=O)NC(C(=O)O)c2ccccc2)cc1C. The van der Waals surface area contributed by atoms with Gasteiger partial charge in [-0.15, -0.1) is 0 Å². The smallest absolute Gasteiger partial charge is 0.330 e. The van der Waals surface area contributed by atoms with E-state index in [-0.39, 0.29) is 0 Å². The van der Waals surface area contributed by atoms with E-state index in [1.807, 2.05) is 19.9 Å². The average Bonchev–Trinajstić information content (AvgIpc) is 2.48. The van der Waals surface area contributed by atoms with Gasteiger partial charge in [0.2, 0.25) is 0 Å². The summed E-state index contributed by atoms with van der Waals surface area (Å²) in [5.41, 5.74) is 3.08. The third-order valence-corrected chi connectivity index (χ3v) is 3.42. The third kappa shape index (κ3) is 3.48. The van der Waals surface area contributed by atoms with Crippen LogP contribution in [0, 0.1) is 13.8 Å². The molecule has 4 heteroatoms. The first-order valence-electron chi connectivity index (χ1n) is 6.65. The van der Waals surface area contributed by atoms with Crippen LogP contribution in [0.2, 0.25) is 0 Å². The molecular weight excluding hydrogens is 266 g/mol. The predicted octanol–water partition coefficient (Wildman–Crippen LogP) is 2.86. The number of nitrogens with one attached hydrogen (secondary N) is 1. The first kappa shape index (κ1) is 14.8. The van der Waals surface area contributed by atoms with E-state index in [4.69, 9.17) is 0 Å². The summed E-state index contributed by atoms with van der Waals surface area (Å²) >= 11 is 0. The average molecular weight is 283 g/mol. The second kappa shape index (κ2) is 6.22. The molecule has 0 aliphatic heterocycles. The van der Waals surface area contributed by atoms with Crippen molar-refractivity contribution in [3.8, 4) is 0 Å². The number of amides is 1. The van der Waals surface area contributed by atoms with E-state index >= 15 is 0 Å². The number of aliphatic carboxylic acids is 1. The molecule has 0 bridgehead atoms. The molecule has 1 amide bonds. The fourth-order valence-corrected chi connectivity index (χ4v) is 2.03. The van der Waals surface area contributed by atoms with E-state index in [0.29, 0.717) is 11.1 Å². The number of aryl methyl sites for hydroxylation is 2.